The van der Waals surface area contributed by atoms with Crippen molar-refractivity contribution >= 4 is 0 Å². The van der Waals surface area contributed by atoms with Gasteiger partial charge in [0.1, 0.15) is 0 Å². The van der Waals surface area contributed by atoms with Crippen molar-refractivity contribution < 1.29 is 13.9 Å². The van der Waals surface area contributed by atoms with Gasteiger partial charge in [-0.15, -0.1) is 0 Å². The summed E-state index contributed by atoms with van der Waals surface area (Å²) >= 11 is 0. The van der Waals surface area contributed by atoms with E-state index < -0.39 is 11.6 Å². The Balaban J connectivity index is 2.38. The molecule has 2 rings (SSSR count). The lowest BCUT2D eigenvalue weighted by atomic mass is 9.94. The van der Waals surface area contributed by atoms with Gasteiger partial charge >= 0.3 is 0 Å². The van der Waals surface area contributed by atoms with Crippen LogP contribution in [0.4, 0.5) is 8.78 Å². The van der Waals surface area contributed by atoms with Crippen molar-refractivity contribution in [3.8, 4) is 0 Å². The molecule has 1 nitrogen and oxygen atoms in total. The van der Waals surface area contributed by atoms with E-state index in [2.05, 4.69) is 0 Å². The van der Waals surface area contributed by atoms with Crippen LogP contribution >= 0.6 is 0 Å². The van der Waals surface area contributed by atoms with Gasteiger partial charge in [-0.05, 0) is 30.0 Å². The van der Waals surface area contributed by atoms with E-state index in [0.29, 0.717) is 11.5 Å². The third kappa shape index (κ3) is 1.23. The maximum atomic E-state index is 12.9. The van der Waals surface area contributed by atoms with Crippen molar-refractivity contribution in [2.75, 3.05) is 6.61 Å². The van der Waals surface area contributed by atoms with Crippen LogP contribution < -0.4 is 0 Å². The van der Waals surface area contributed by atoms with Crippen LogP contribution in [0.15, 0.2) is 18.2 Å². The summed E-state index contributed by atoms with van der Waals surface area (Å²) in [6.07, 6.45) is 0.842. The van der Waals surface area contributed by atoms with Crippen molar-refractivity contribution in [2.24, 2.45) is 5.92 Å². The summed E-state index contributed by atoms with van der Waals surface area (Å²) < 4.78 is 25.6. The first-order valence-electron chi connectivity index (χ1n) is 4.66. The van der Waals surface area contributed by atoms with Crippen LogP contribution in [-0.2, 0) is 5.41 Å². The first kappa shape index (κ1) is 9.59. The van der Waals surface area contributed by atoms with E-state index in [1.165, 1.54) is 6.07 Å². The second-order valence-corrected chi connectivity index (χ2v) is 4.05. The Hall–Kier alpha value is -0.960. The molecule has 76 valence electrons. The fourth-order valence-electron chi connectivity index (χ4n) is 2.01. The van der Waals surface area contributed by atoms with E-state index in [1.54, 1.807) is 6.07 Å². The molecule has 2 atom stereocenters. The fraction of sp³-hybridized carbons (Fsp3) is 0.455. The molecule has 1 aliphatic carbocycles. The lowest BCUT2D eigenvalue weighted by Crippen LogP contribution is -2.15. The van der Waals surface area contributed by atoms with Gasteiger partial charge in [0.25, 0.3) is 0 Å². The molecule has 1 N–H and O–H groups in total. The molecule has 3 heteroatoms. The Kier molecular flexibility index (Phi) is 2.07. The van der Waals surface area contributed by atoms with Gasteiger partial charge in [-0.2, -0.15) is 0 Å². The van der Waals surface area contributed by atoms with Gasteiger partial charge in [0.15, 0.2) is 11.6 Å². The maximum absolute atomic E-state index is 12.9. The molecule has 0 aliphatic heterocycles. The molecule has 0 saturated heterocycles. The van der Waals surface area contributed by atoms with Gasteiger partial charge in [0.2, 0.25) is 0 Å². The number of aliphatic hydroxyl groups is 1. The minimum atomic E-state index is -0.838. The summed E-state index contributed by atoms with van der Waals surface area (Å²) in [6, 6.07) is 3.86. The summed E-state index contributed by atoms with van der Waals surface area (Å²) in [6.45, 7) is 2.00. The Bertz CT molecular complexity index is 360. The number of hydrogen-bond acceptors (Lipinski definition) is 1. The summed E-state index contributed by atoms with van der Waals surface area (Å²) in [7, 11) is 0. The van der Waals surface area contributed by atoms with Crippen LogP contribution in [0.3, 0.4) is 0 Å². The Morgan fingerprint density at radius 3 is 2.50 bits per heavy atom. The van der Waals surface area contributed by atoms with Crippen LogP contribution in [-0.4, -0.2) is 11.7 Å². The van der Waals surface area contributed by atoms with E-state index in [9.17, 15) is 13.9 Å². The lowest BCUT2D eigenvalue weighted by Gasteiger charge is -2.13. The molecule has 1 aliphatic rings. The molecule has 1 fully saturated rings. The first-order chi connectivity index (χ1) is 6.60. The van der Waals surface area contributed by atoms with Gasteiger partial charge in [0, 0.05) is 5.41 Å². The van der Waals surface area contributed by atoms with Crippen LogP contribution in [0.25, 0.3) is 0 Å². The third-order valence-corrected chi connectivity index (χ3v) is 3.23. The highest BCUT2D eigenvalue weighted by Gasteiger charge is 2.51. The molecule has 0 aromatic heterocycles. The summed E-state index contributed by atoms with van der Waals surface area (Å²) in [4.78, 5) is 0. The topological polar surface area (TPSA) is 20.2 Å². The van der Waals surface area contributed by atoms with Crippen LogP contribution in [0.2, 0.25) is 0 Å². The number of hydrogen-bond donors (Lipinski definition) is 1. The number of rotatable bonds is 2. The molecule has 1 aromatic rings. The van der Waals surface area contributed by atoms with Gasteiger partial charge in [-0.1, -0.05) is 13.0 Å². The van der Waals surface area contributed by atoms with E-state index >= 15 is 0 Å². The average Bonchev–Trinajstić information content (AvgIpc) is 2.83. The van der Waals surface area contributed by atoms with E-state index in [0.717, 1.165) is 12.5 Å². The normalized spacial score (nSPS) is 30.4. The molecule has 1 aromatic carbocycles. The molecule has 2 unspecified atom stereocenters. The minimum Gasteiger partial charge on any atom is -0.395 e. The summed E-state index contributed by atoms with van der Waals surface area (Å²) in [5, 5.41) is 9.22. The molecular formula is C11H12F2O. The predicted octanol–water partition coefficient (Wildman–Crippen LogP) is 2.23. The van der Waals surface area contributed by atoms with Gasteiger partial charge < -0.3 is 5.11 Å². The highest BCUT2D eigenvalue weighted by molar-refractivity contribution is 5.34. The van der Waals surface area contributed by atoms with Gasteiger partial charge in [-0.25, -0.2) is 8.78 Å². The standard InChI is InChI=1S/C11H12F2O/c1-7-5-11(7,6-14)8-2-3-9(12)10(13)4-8/h2-4,7,14H,5-6H2,1H3. The molecule has 0 radical (unpaired) electrons. The van der Waals surface area contributed by atoms with Crippen molar-refractivity contribution in [1.82, 2.24) is 0 Å². The molecular weight excluding hydrogens is 186 g/mol. The summed E-state index contributed by atoms with van der Waals surface area (Å²) in [5.41, 5.74) is 0.376. The highest BCUT2D eigenvalue weighted by atomic mass is 19.2. The Labute approximate surface area is 81.4 Å². The quantitative estimate of drug-likeness (QED) is 0.772. The predicted molar refractivity (Wildman–Crippen MR) is 48.9 cm³/mol. The van der Waals surface area contributed by atoms with E-state index in [-0.39, 0.29) is 12.0 Å². The van der Waals surface area contributed by atoms with E-state index in [4.69, 9.17) is 0 Å². The average molecular weight is 198 g/mol. The molecule has 0 bridgehead atoms. The second kappa shape index (κ2) is 3.02. The van der Waals surface area contributed by atoms with E-state index in [1.807, 2.05) is 6.92 Å². The largest absolute Gasteiger partial charge is 0.395 e. The first-order valence-corrected chi connectivity index (χ1v) is 4.66. The third-order valence-electron chi connectivity index (χ3n) is 3.23. The van der Waals surface area contributed by atoms with Crippen LogP contribution in [0.5, 0.6) is 0 Å². The molecule has 1 saturated carbocycles. The van der Waals surface area contributed by atoms with Crippen LogP contribution in [0, 0.1) is 17.6 Å². The fourth-order valence-corrected chi connectivity index (χ4v) is 2.01. The lowest BCUT2D eigenvalue weighted by molar-refractivity contribution is 0.246. The Morgan fingerprint density at radius 1 is 1.43 bits per heavy atom. The van der Waals surface area contributed by atoms with Crippen molar-refractivity contribution in [3.05, 3.63) is 35.4 Å². The Morgan fingerprint density at radius 2 is 2.07 bits per heavy atom. The maximum Gasteiger partial charge on any atom is 0.159 e. The molecule has 0 heterocycles. The monoisotopic (exact) mass is 198 g/mol. The zero-order chi connectivity index (χ0) is 10.3. The van der Waals surface area contributed by atoms with Crippen molar-refractivity contribution in [1.29, 1.82) is 0 Å². The van der Waals surface area contributed by atoms with Crippen molar-refractivity contribution in [3.63, 3.8) is 0 Å². The number of aliphatic hydroxyl groups excluding tert-OH is 1. The smallest absolute Gasteiger partial charge is 0.159 e. The highest BCUT2D eigenvalue weighted by Crippen LogP contribution is 2.53. The summed E-state index contributed by atoms with van der Waals surface area (Å²) in [5.74, 6) is -1.33. The zero-order valence-electron chi connectivity index (χ0n) is 7.93. The zero-order valence-corrected chi connectivity index (χ0v) is 7.93. The van der Waals surface area contributed by atoms with Gasteiger partial charge in [-0.3, -0.25) is 0 Å². The number of halogens is 2. The molecule has 0 amide bonds. The second-order valence-electron chi connectivity index (χ2n) is 4.05. The minimum absolute atomic E-state index is 0.000755. The van der Waals surface area contributed by atoms with Crippen molar-refractivity contribution in [2.45, 2.75) is 18.8 Å². The molecule has 0 spiro atoms. The number of benzene rings is 1. The van der Waals surface area contributed by atoms with Crippen LogP contribution in [0.1, 0.15) is 18.9 Å². The molecule has 14 heavy (non-hydrogen) atoms. The van der Waals surface area contributed by atoms with Gasteiger partial charge in [0.05, 0.1) is 6.61 Å². The SMILES string of the molecule is CC1CC1(CO)c1ccc(F)c(F)c1.